The summed E-state index contributed by atoms with van der Waals surface area (Å²) in [6, 6.07) is 12.7. The van der Waals surface area contributed by atoms with Crippen molar-refractivity contribution in [2.45, 2.75) is 25.8 Å². The van der Waals surface area contributed by atoms with E-state index in [1.807, 2.05) is 30.3 Å². The van der Waals surface area contributed by atoms with Gasteiger partial charge in [-0.2, -0.15) is 0 Å². The molecule has 2 amide bonds. The molecule has 2 N–H and O–H groups in total. The Morgan fingerprint density at radius 2 is 2.04 bits per heavy atom. The van der Waals surface area contributed by atoms with Crippen LogP contribution in [0.2, 0.25) is 0 Å². The molecule has 6 heteroatoms. The largest absolute Gasteiger partial charge is 0.508 e. The third kappa shape index (κ3) is 4.81. The number of rotatable bonds is 7. The number of hydrogen-bond acceptors (Lipinski definition) is 4. The van der Waals surface area contributed by atoms with E-state index < -0.39 is 0 Å². The van der Waals surface area contributed by atoms with Gasteiger partial charge in [0.15, 0.2) is 0 Å². The van der Waals surface area contributed by atoms with Gasteiger partial charge in [0.2, 0.25) is 11.8 Å². The minimum atomic E-state index is -0.292. The van der Waals surface area contributed by atoms with Gasteiger partial charge in [0.1, 0.15) is 5.75 Å². The topological polar surface area (TPSA) is 82.5 Å². The van der Waals surface area contributed by atoms with E-state index in [1.165, 1.54) is 0 Å². The van der Waals surface area contributed by atoms with Gasteiger partial charge in [0.25, 0.3) is 0 Å². The fourth-order valence-electron chi connectivity index (χ4n) is 3.10. The molecule has 1 aliphatic rings. The molecule has 1 unspecified atom stereocenters. The van der Waals surface area contributed by atoms with Crippen LogP contribution in [0.25, 0.3) is 0 Å². The van der Waals surface area contributed by atoms with Gasteiger partial charge >= 0.3 is 0 Å². The summed E-state index contributed by atoms with van der Waals surface area (Å²) in [4.78, 5) is 30.4. The van der Waals surface area contributed by atoms with Gasteiger partial charge in [-0.15, -0.1) is 0 Å². The Morgan fingerprint density at radius 3 is 2.77 bits per heavy atom. The molecule has 1 aromatic carbocycles. The zero-order chi connectivity index (χ0) is 18.4. The summed E-state index contributed by atoms with van der Waals surface area (Å²) in [6.07, 6.45) is 3.61. The summed E-state index contributed by atoms with van der Waals surface area (Å²) >= 11 is 0. The van der Waals surface area contributed by atoms with Crippen LogP contribution in [0.3, 0.4) is 0 Å². The van der Waals surface area contributed by atoms with Crippen LogP contribution < -0.4 is 5.32 Å². The first-order valence-corrected chi connectivity index (χ1v) is 8.85. The molecule has 1 aromatic heterocycles. The van der Waals surface area contributed by atoms with E-state index in [4.69, 9.17) is 0 Å². The maximum absolute atomic E-state index is 12.3. The lowest BCUT2D eigenvalue weighted by Gasteiger charge is -2.16. The Bertz CT molecular complexity index is 747. The summed E-state index contributed by atoms with van der Waals surface area (Å²) in [5.74, 6) is -0.101. The van der Waals surface area contributed by atoms with E-state index in [0.29, 0.717) is 19.6 Å². The minimum Gasteiger partial charge on any atom is -0.508 e. The van der Waals surface area contributed by atoms with E-state index in [-0.39, 0.29) is 29.9 Å². The number of phenols is 1. The molecular formula is C20H23N3O3. The van der Waals surface area contributed by atoms with Crippen LogP contribution in [0.15, 0.2) is 48.7 Å². The Hall–Kier alpha value is -2.89. The average molecular weight is 353 g/mol. The van der Waals surface area contributed by atoms with Crippen LogP contribution in [0, 0.1) is 5.92 Å². The molecule has 0 spiro atoms. The van der Waals surface area contributed by atoms with Crippen molar-refractivity contribution in [2.75, 3.05) is 13.1 Å². The highest BCUT2D eigenvalue weighted by atomic mass is 16.3. The van der Waals surface area contributed by atoms with E-state index in [2.05, 4.69) is 10.3 Å². The van der Waals surface area contributed by atoms with Crippen molar-refractivity contribution in [3.8, 4) is 5.75 Å². The van der Waals surface area contributed by atoms with E-state index in [1.54, 1.807) is 23.2 Å². The van der Waals surface area contributed by atoms with Gasteiger partial charge in [-0.1, -0.05) is 18.2 Å². The number of aryl methyl sites for hydroxylation is 1. The van der Waals surface area contributed by atoms with Crippen molar-refractivity contribution in [3.05, 3.63) is 59.9 Å². The standard InChI is InChI=1S/C20H23N3O3/c24-18-8-6-15(7-9-18)4-3-11-22-20(26)16-12-19(25)23(13-16)14-17-5-1-2-10-21-17/h1-2,5-10,16,24H,3-4,11-14H2,(H,22,26). The second-order valence-electron chi connectivity index (χ2n) is 6.56. The molecule has 0 aliphatic carbocycles. The second kappa shape index (κ2) is 8.47. The summed E-state index contributed by atoms with van der Waals surface area (Å²) in [5.41, 5.74) is 1.95. The molecule has 0 bridgehead atoms. The van der Waals surface area contributed by atoms with Crippen molar-refractivity contribution in [3.63, 3.8) is 0 Å². The Morgan fingerprint density at radius 1 is 1.23 bits per heavy atom. The molecule has 2 heterocycles. The predicted octanol–water partition coefficient (Wildman–Crippen LogP) is 1.88. The molecule has 136 valence electrons. The SMILES string of the molecule is O=C(NCCCc1ccc(O)cc1)C1CC(=O)N(Cc2ccccn2)C1. The number of nitrogens with zero attached hydrogens (tertiary/aromatic N) is 2. The molecule has 26 heavy (non-hydrogen) atoms. The molecule has 3 rings (SSSR count). The maximum Gasteiger partial charge on any atom is 0.225 e. The minimum absolute atomic E-state index is 0.0000960. The number of pyridine rings is 1. The number of hydrogen-bond donors (Lipinski definition) is 2. The number of carbonyl (C=O) groups excluding carboxylic acids is 2. The Labute approximate surface area is 152 Å². The van der Waals surface area contributed by atoms with E-state index >= 15 is 0 Å². The monoisotopic (exact) mass is 353 g/mol. The lowest BCUT2D eigenvalue weighted by atomic mass is 10.1. The van der Waals surface area contributed by atoms with Crippen LogP contribution in [0.1, 0.15) is 24.1 Å². The number of phenolic OH excluding ortho intramolecular Hbond substituents is 1. The molecule has 1 saturated heterocycles. The molecule has 0 radical (unpaired) electrons. The van der Waals surface area contributed by atoms with Crippen molar-refractivity contribution < 1.29 is 14.7 Å². The Kier molecular flexibility index (Phi) is 5.84. The zero-order valence-corrected chi connectivity index (χ0v) is 14.6. The number of amides is 2. The lowest BCUT2D eigenvalue weighted by Crippen LogP contribution is -2.33. The van der Waals surface area contributed by atoms with Crippen LogP contribution in [0.4, 0.5) is 0 Å². The molecule has 1 atom stereocenters. The second-order valence-corrected chi connectivity index (χ2v) is 6.56. The number of aromatic nitrogens is 1. The van der Waals surface area contributed by atoms with Crippen molar-refractivity contribution in [1.29, 1.82) is 0 Å². The van der Waals surface area contributed by atoms with Crippen molar-refractivity contribution >= 4 is 11.8 Å². The predicted molar refractivity (Wildman–Crippen MR) is 97.2 cm³/mol. The number of carbonyl (C=O) groups is 2. The molecule has 0 saturated carbocycles. The lowest BCUT2D eigenvalue weighted by molar-refractivity contribution is -0.129. The summed E-state index contributed by atoms with van der Waals surface area (Å²) in [5, 5.41) is 12.2. The van der Waals surface area contributed by atoms with Crippen molar-refractivity contribution in [1.82, 2.24) is 15.2 Å². The van der Waals surface area contributed by atoms with Gasteiger partial charge in [0, 0.05) is 25.7 Å². The first kappa shape index (κ1) is 17.9. The summed E-state index contributed by atoms with van der Waals surface area (Å²) in [6.45, 7) is 1.47. The average Bonchev–Trinajstić information content (AvgIpc) is 3.01. The highest BCUT2D eigenvalue weighted by Gasteiger charge is 2.34. The van der Waals surface area contributed by atoms with E-state index in [9.17, 15) is 14.7 Å². The molecule has 1 aliphatic heterocycles. The van der Waals surface area contributed by atoms with Crippen LogP contribution in [-0.2, 0) is 22.6 Å². The fourth-order valence-corrected chi connectivity index (χ4v) is 3.10. The maximum atomic E-state index is 12.3. The first-order valence-electron chi connectivity index (χ1n) is 8.85. The highest BCUT2D eigenvalue weighted by molar-refractivity contribution is 5.89. The summed E-state index contributed by atoms with van der Waals surface area (Å²) < 4.78 is 0. The normalized spacial score (nSPS) is 16.7. The van der Waals surface area contributed by atoms with Crippen LogP contribution >= 0.6 is 0 Å². The Balaban J connectivity index is 1.41. The zero-order valence-electron chi connectivity index (χ0n) is 14.6. The number of nitrogens with one attached hydrogen (secondary N) is 1. The molecule has 2 aromatic rings. The number of aromatic hydroxyl groups is 1. The highest BCUT2D eigenvalue weighted by Crippen LogP contribution is 2.20. The summed E-state index contributed by atoms with van der Waals surface area (Å²) in [7, 11) is 0. The van der Waals surface area contributed by atoms with Crippen molar-refractivity contribution in [2.24, 2.45) is 5.92 Å². The van der Waals surface area contributed by atoms with Crippen LogP contribution in [0.5, 0.6) is 5.75 Å². The van der Waals surface area contributed by atoms with Crippen LogP contribution in [-0.4, -0.2) is 39.9 Å². The van der Waals surface area contributed by atoms with Gasteiger partial charge in [-0.25, -0.2) is 0 Å². The van der Waals surface area contributed by atoms with Gasteiger partial charge in [0.05, 0.1) is 18.2 Å². The van der Waals surface area contributed by atoms with Gasteiger partial charge < -0.3 is 15.3 Å². The smallest absolute Gasteiger partial charge is 0.225 e. The van der Waals surface area contributed by atoms with E-state index in [0.717, 1.165) is 24.1 Å². The quantitative estimate of drug-likeness (QED) is 0.745. The number of benzene rings is 1. The third-order valence-corrected chi connectivity index (χ3v) is 4.54. The van der Waals surface area contributed by atoms with Gasteiger partial charge in [-0.05, 0) is 42.7 Å². The molecule has 6 nitrogen and oxygen atoms in total. The van der Waals surface area contributed by atoms with Gasteiger partial charge in [-0.3, -0.25) is 14.6 Å². The third-order valence-electron chi connectivity index (χ3n) is 4.54. The first-order chi connectivity index (χ1) is 12.6. The fraction of sp³-hybridized carbons (Fsp3) is 0.350. The molecule has 1 fully saturated rings. The molecular weight excluding hydrogens is 330 g/mol. The number of likely N-dealkylation sites (tertiary alicyclic amines) is 1.